The molecule has 0 aliphatic rings. The third-order valence-electron chi connectivity index (χ3n) is 4.22. The van der Waals surface area contributed by atoms with E-state index in [1.165, 1.54) is 0 Å². The van der Waals surface area contributed by atoms with E-state index in [0.29, 0.717) is 35.7 Å². The Morgan fingerprint density at radius 3 is 2.26 bits per heavy atom. The maximum atomic E-state index is 12.3. The fourth-order valence-electron chi connectivity index (χ4n) is 2.76. The Morgan fingerprint density at radius 2 is 1.58 bits per heavy atom. The first-order valence-corrected chi connectivity index (χ1v) is 10.2. The van der Waals surface area contributed by atoms with E-state index < -0.39 is 0 Å². The van der Waals surface area contributed by atoms with Gasteiger partial charge in [0, 0.05) is 48.8 Å². The lowest BCUT2D eigenvalue weighted by molar-refractivity contribution is -0.114. The second kappa shape index (κ2) is 12.3. The van der Waals surface area contributed by atoms with Crippen molar-refractivity contribution in [2.45, 2.75) is 26.3 Å². The van der Waals surface area contributed by atoms with Gasteiger partial charge in [-0.25, -0.2) is 0 Å². The topological polar surface area (TPSA) is 109 Å². The summed E-state index contributed by atoms with van der Waals surface area (Å²) in [5, 5.41) is 11.4. The van der Waals surface area contributed by atoms with Crippen LogP contribution in [0, 0.1) is 0 Å². The van der Waals surface area contributed by atoms with Crippen molar-refractivity contribution >= 4 is 29.1 Å². The van der Waals surface area contributed by atoms with Crippen LogP contribution in [0.25, 0.3) is 0 Å². The van der Waals surface area contributed by atoms with Crippen LogP contribution in [0.3, 0.4) is 0 Å². The van der Waals surface area contributed by atoms with Crippen molar-refractivity contribution in [3.63, 3.8) is 0 Å². The SMILES string of the molecule is COCCCNC(=O)c1cccc(NC(=O)CNc2cccc(C(=O)NC(C)C)c2)c1. The number of nitrogens with one attached hydrogen (secondary N) is 4. The molecular formula is C23H30N4O4. The molecular weight excluding hydrogens is 396 g/mol. The molecule has 0 aliphatic heterocycles. The second-order valence-electron chi connectivity index (χ2n) is 7.29. The fourth-order valence-corrected chi connectivity index (χ4v) is 2.76. The Morgan fingerprint density at radius 1 is 0.935 bits per heavy atom. The van der Waals surface area contributed by atoms with E-state index in [-0.39, 0.29) is 30.3 Å². The highest BCUT2D eigenvalue weighted by Gasteiger charge is 2.10. The standard InChI is InChI=1S/C23H30N4O4/c1-16(2)26-23(30)18-8-4-9-19(13-18)25-15-21(28)27-20-10-5-7-17(14-20)22(29)24-11-6-12-31-3/h4-5,7-10,13-14,16,25H,6,11-12,15H2,1-3H3,(H,24,29)(H,26,30)(H,27,28). The van der Waals surface area contributed by atoms with Gasteiger partial charge in [-0.1, -0.05) is 12.1 Å². The number of hydrogen-bond donors (Lipinski definition) is 4. The first-order chi connectivity index (χ1) is 14.9. The van der Waals surface area contributed by atoms with Gasteiger partial charge >= 0.3 is 0 Å². The van der Waals surface area contributed by atoms with Crippen LogP contribution in [0.4, 0.5) is 11.4 Å². The Balaban J connectivity index is 1.88. The average molecular weight is 427 g/mol. The van der Waals surface area contributed by atoms with E-state index in [1.54, 1.807) is 55.6 Å². The van der Waals surface area contributed by atoms with Gasteiger partial charge in [0.1, 0.15) is 0 Å². The molecule has 0 bridgehead atoms. The number of amides is 3. The quantitative estimate of drug-likeness (QED) is 0.413. The van der Waals surface area contributed by atoms with Crippen molar-refractivity contribution in [3.8, 4) is 0 Å². The number of carbonyl (C=O) groups excluding carboxylic acids is 3. The summed E-state index contributed by atoms with van der Waals surface area (Å²) in [6.45, 7) is 4.90. The highest BCUT2D eigenvalue weighted by atomic mass is 16.5. The third kappa shape index (κ3) is 8.47. The molecule has 0 heterocycles. The molecule has 2 aromatic carbocycles. The van der Waals surface area contributed by atoms with Crippen LogP contribution >= 0.6 is 0 Å². The highest BCUT2D eigenvalue weighted by Crippen LogP contribution is 2.13. The van der Waals surface area contributed by atoms with Gasteiger partial charge in [0.15, 0.2) is 0 Å². The lowest BCUT2D eigenvalue weighted by atomic mass is 10.1. The van der Waals surface area contributed by atoms with Gasteiger partial charge in [0.2, 0.25) is 5.91 Å². The predicted octanol–water partition coefficient (Wildman–Crippen LogP) is 2.64. The molecule has 0 saturated heterocycles. The Kier molecular flexibility index (Phi) is 9.51. The van der Waals surface area contributed by atoms with Crippen molar-refractivity contribution in [2.75, 3.05) is 37.4 Å². The summed E-state index contributed by atoms with van der Waals surface area (Å²) in [5.41, 5.74) is 2.17. The molecule has 8 nitrogen and oxygen atoms in total. The van der Waals surface area contributed by atoms with E-state index in [1.807, 2.05) is 13.8 Å². The summed E-state index contributed by atoms with van der Waals surface area (Å²) in [6, 6.07) is 13.7. The Labute approximate surface area is 182 Å². The van der Waals surface area contributed by atoms with Gasteiger partial charge in [-0.15, -0.1) is 0 Å². The second-order valence-corrected chi connectivity index (χ2v) is 7.29. The van der Waals surface area contributed by atoms with E-state index >= 15 is 0 Å². The monoisotopic (exact) mass is 426 g/mol. The molecule has 0 saturated carbocycles. The van der Waals surface area contributed by atoms with Crippen LogP contribution < -0.4 is 21.3 Å². The lowest BCUT2D eigenvalue weighted by Crippen LogP contribution is -2.30. The van der Waals surface area contributed by atoms with Crippen molar-refractivity contribution in [2.24, 2.45) is 0 Å². The maximum absolute atomic E-state index is 12.3. The molecule has 0 aromatic heterocycles. The van der Waals surface area contributed by atoms with Crippen molar-refractivity contribution < 1.29 is 19.1 Å². The first-order valence-electron chi connectivity index (χ1n) is 10.2. The Hall–Kier alpha value is -3.39. The molecule has 31 heavy (non-hydrogen) atoms. The van der Waals surface area contributed by atoms with Gasteiger partial charge in [0.25, 0.3) is 11.8 Å². The van der Waals surface area contributed by atoms with Gasteiger partial charge in [-0.2, -0.15) is 0 Å². The summed E-state index contributed by atoms with van der Waals surface area (Å²) in [6.07, 6.45) is 0.727. The van der Waals surface area contributed by atoms with Crippen molar-refractivity contribution in [1.29, 1.82) is 0 Å². The minimum Gasteiger partial charge on any atom is -0.385 e. The summed E-state index contributed by atoms with van der Waals surface area (Å²) in [5.74, 6) is -0.642. The van der Waals surface area contributed by atoms with Crippen LogP contribution in [-0.2, 0) is 9.53 Å². The van der Waals surface area contributed by atoms with Gasteiger partial charge in [-0.05, 0) is 56.7 Å². The highest BCUT2D eigenvalue weighted by molar-refractivity contribution is 5.98. The van der Waals surface area contributed by atoms with Crippen molar-refractivity contribution in [1.82, 2.24) is 10.6 Å². The molecule has 166 valence electrons. The number of anilines is 2. The maximum Gasteiger partial charge on any atom is 0.251 e. The summed E-state index contributed by atoms with van der Waals surface area (Å²) >= 11 is 0. The molecule has 3 amide bonds. The van der Waals surface area contributed by atoms with E-state index in [4.69, 9.17) is 4.74 Å². The molecule has 8 heteroatoms. The van der Waals surface area contributed by atoms with Crippen molar-refractivity contribution in [3.05, 3.63) is 59.7 Å². The number of ether oxygens (including phenoxy) is 1. The minimum atomic E-state index is -0.269. The predicted molar refractivity (Wildman–Crippen MR) is 121 cm³/mol. The average Bonchev–Trinajstić information content (AvgIpc) is 2.75. The summed E-state index contributed by atoms with van der Waals surface area (Å²) in [4.78, 5) is 36.6. The molecule has 0 unspecified atom stereocenters. The molecule has 0 aliphatic carbocycles. The number of hydrogen-bond acceptors (Lipinski definition) is 5. The first kappa shape index (κ1) is 23.9. The molecule has 2 aromatic rings. The molecule has 2 rings (SSSR count). The zero-order valence-electron chi connectivity index (χ0n) is 18.2. The van der Waals surface area contributed by atoms with E-state index in [9.17, 15) is 14.4 Å². The van der Waals surface area contributed by atoms with Crippen LogP contribution in [0.15, 0.2) is 48.5 Å². The summed E-state index contributed by atoms with van der Waals surface area (Å²) in [7, 11) is 1.61. The number of benzene rings is 2. The van der Waals surface area contributed by atoms with Gasteiger partial charge < -0.3 is 26.0 Å². The number of carbonyl (C=O) groups is 3. The molecule has 0 radical (unpaired) electrons. The summed E-state index contributed by atoms with van der Waals surface area (Å²) < 4.78 is 4.96. The zero-order valence-corrected chi connectivity index (χ0v) is 18.2. The molecule has 4 N–H and O–H groups in total. The van der Waals surface area contributed by atoms with Crippen LogP contribution in [0.1, 0.15) is 41.0 Å². The lowest BCUT2D eigenvalue weighted by Gasteiger charge is -2.11. The molecule has 0 spiro atoms. The van der Waals surface area contributed by atoms with Gasteiger partial charge in [0.05, 0.1) is 6.54 Å². The van der Waals surface area contributed by atoms with Crippen LogP contribution in [0.5, 0.6) is 0 Å². The van der Waals surface area contributed by atoms with Gasteiger partial charge in [-0.3, -0.25) is 14.4 Å². The smallest absolute Gasteiger partial charge is 0.251 e. The normalized spacial score (nSPS) is 10.5. The van der Waals surface area contributed by atoms with Crippen LogP contribution in [0.2, 0.25) is 0 Å². The van der Waals surface area contributed by atoms with E-state index in [2.05, 4.69) is 21.3 Å². The molecule has 0 atom stereocenters. The van der Waals surface area contributed by atoms with Crippen LogP contribution in [-0.4, -0.2) is 50.6 Å². The molecule has 0 fully saturated rings. The number of methoxy groups -OCH3 is 1. The third-order valence-corrected chi connectivity index (χ3v) is 4.22. The fraction of sp³-hybridized carbons (Fsp3) is 0.348. The zero-order chi connectivity index (χ0) is 22.6. The minimum absolute atomic E-state index is 0.0166. The Bertz CT molecular complexity index is 899. The largest absolute Gasteiger partial charge is 0.385 e. The van der Waals surface area contributed by atoms with E-state index in [0.717, 1.165) is 6.42 Å². The number of rotatable bonds is 11.